The van der Waals surface area contributed by atoms with Gasteiger partial charge < -0.3 is 0 Å². The van der Waals surface area contributed by atoms with Crippen molar-refractivity contribution in [2.45, 2.75) is 0 Å². The topological polar surface area (TPSA) is 62.5 Å². The van der Waals surface area contributed by atoms with Crippen molar-refractivity contribution < 1.29 is 0 Å². The standard InChI is InChI=1S/C44H28N4/c45-29-30-8-7-13-38(26-30)31-14-16-32(17-15-31)39-24-20-34-21-25-40(28-41(34)27-39)33-18-22-37(23-19-33)44-47-42(35-9-3-1-4-10-35)46-43(48-44)36-11-5-2-6-12-36/h1-28H. The highest BCUT2D eigenvalue weighted by molar-refractivity contribution is 5.91. The van der Waals surface area contributed by atoms with Crippen LogP contribution < -0.4 is 0 Å². The van der Waals surface area contributed by atoms with Crippen molar-refractivity contribution in [2.24, 2.45) is 0 Å². The summed E-state index contributed by atoms with van der Waals surface area (Å²) < 4.78 is 0. The Kier molecular flexibility index (Phi) is 7.54. The van der Waals surface area contributed by atoms with E-state index < -0.39 is 0 Å². The Balaban J connectivity index is 1.09. The first-order valence-corrected chi connectivity index (χ1v) is 15.8. The molecule has 1 heterocycles. The molecule has 4 nitrogen and oxygen atoms in total. The number of nitriles is 1. The highest BCUT2D eigenvalue weighted by Crippen LogP contribution is 2.32. The van der Waals surface area contributed by atoms with Crippen LogP contribution in [0, 0.1) is 11.3 Å². The van der Waals surface area contributed by atoms with E-state index in [1.165, 1.54) is 10.8 Å². The quantitative estimate of drug-likeness (QED) is 0.187. The van der Waals surface area contributed by atoms with Gasteiger partial charge in [0.05, 0.1) is 11.6 Å². The Morgan fingerprint density at radius 2 is 0.688 bits per heavy atom. The molecular formula is C44H28N4. The molecule has 0 saturated carbocycles. The van der Waals surface area contributed by atoms with Gasteiger partial charge in [0.25, 0.3) is 0 Å². The van der Waals surface area contributed by atoms with Gasteiger partial charge in [-0.3, -0.25) is 0 Å². The normalized spacial score (nSPS) is 10.9. The van der Waals surface area contributed by atoms with E-state index in [0.717, 1.165) is 50.1 Å². The zero-order valence-corrected chi connectivity index (χ0v) is 26.0. The van der Waals surface area contributed by atoms with Gasteiger partial charge >= 0.3 is 0 Å². The number of benzene rings is 7. The van der Waals surface area contributed by atoms with Crippen molar-refractivity contribution in [1.82, 2.24) is 15.0 Å². The summed E-state index contributed by atoms with van der Waals surface area (Å²) in [7, 11) is 0. The molecule has 0 atom stereocenters. The van der Waals surface area contributed by atoms with Gasteiger partial charge in [0.1, 0.15) is 0 Å². The number of fused-ring (bicyclic) bond motifs is 1. The van der Waals surface area contributed by atoms with Gasteiger partial charge in [-0.25, -0.2) is 15.0 Å². The largest absolute Gasteiger partial charge is 0.208 e. The van der Waals surface area contributed by atoms with Crippen LogP contribution in [-0.2, 0) is 0 Å². The molecule has 0 bridgehead atoms. The second-order valence-electron chi connectivity index (χ2n) is 11.7. The van der Waals surface area contributed by atoms with E-state index in [1.807, 2.05) is 84.9 Å². The summed E-state index contributed by atoms with van der Waals surface area (Å²) in [6.07, 6.45) is 0. The molecule has 0 aliphatic carbocycles. The maximum Gasteiger partial charge on any atom is 0.164 e. The Morgan fingerprint density at radius 1 is 0.312 bits per heavy atom. The molecule has 224 valence electrons. The molecule has 1 aromatic heterocycles. The highest BCUT2D eigenvalue weighted by atomic mass is 15.0. The minimum Gasteiger partial charge on any atom is -0.208 e. The fourth-order valence-corrected chi connectivity index (χ4v) is 5.98. The van der Waals surface area contributed by atoms with Crippen LogP contribution in [0.15, 0.2) is 170 Å². The third kappa shape index (κ3) is 5.85. The van der Waals surface area contributed by atoms with Crippen LogP contribution in [0.1, 0.15) is 5.56 Å². The third-order valence-corrected chi connectivity index (χ3v) is 8.56. The van der Waals surface area contributed by atoms with Crippen LogP contribution >= 0.6 is 0 Å². The molecule has 8 aromatic rings. The minimum absolute atomic E-state index is 0.640. The summed E-state index contributed by atoms with van der Waals surface area (Å²) in [6.45, 7) is 0. The number of hydrogen-bond donors (Lipinski definition) is 0. The average molecular weight is 613 g/mol. The number of nitrogens with zero attached hydrogens (tertiary/aromatic N) is 4. The van der Waals surface area contributed by atoms with Gasteiger partial charge in [-0.2, -0.15) is 5.26 Å². The van der Waals surface area contributed by atoms with Gasteiger partial charge in [-0.1, -0.05) is 146 Å². The molecule has 48 heavy (non-hydrogen) atoms. The van der Waals surface area contributed by atoms with Crippen molar-refractivity contribution in [3.05, 3.63) is 175 Å². The lowest BCUT2D eigenvalue weighted by molar-refractivity contribution is 1.07. The Hall–Kier alpha value is -6.70. The average Bonchev–Trinajstić information content (AvgIpc) is 3.18. The summed E-state index contributed by atoms with van der Waals surface area (Å²) >= 11 is 0. The molecular weight excluding hydrogens is 585 g/mol. The molecule has 8 rings (SSSR count). The van der Waals surface area contributed by atoms with Crippen LogP contribution in [0.2, 0.25) is 0 Å². The molecule has 0 saturated heterocycles. The predicted octanol–water partition coefficient (Wildman–Crippen LogP) is 10.9. The Bertz CT molecular complexity index is 2370. The molecule has 0 amide bonds. The molecule has 0 radical (unpaired) electrons. The molecule has 0 spiro atoms. The minimum atomic E-state index is 0.640. The Labute approximate surface area is 279 Å². The van der Waals surface area contributed by atoms with Gasteiger partial charge in [0, 0.05) is 16.7 Å². The van der Waals surface area contributed by atoms with Gasteiger partial charge in [0.15, 0.2) is 17.5 Å². The maximum absolute atomic E-state index is 9.27. The van der Waals surface area contributed by atoms with Crippen molar-refractivity contribution in [2.75, 3.05) is 0 Å². The van der Waals surface area contributed by atoms with E-state index >= 15 is 0 Å². The summed E-state index contributed by atoms with van der Waals surface area (Å²) in [5.74, 6) is 1.94. The third-order valence-electron chi connectivity index (χ3n) is 8.56. The molecule has 0 aliphatic rings. The first-order chi connectivity index (χ1) is 23.7. The molecule has 0 aliphatic heterocycles. The summed E-state index contributed by atoms with van der Waals surface area (Å²) in [4.78, 5) is 14.6. The molecule has 7 aromatic carbocycles. The zero-order chi connectivity index (χ0) is 32.3. The lowest BCUT2D eigenvalue weighted by Gasteiger charge is -2.10. The number of rotatable bonds is 6. The SMILES string of the molecule is N#Cc1cccc(-c2ccc(-c3ccc4ccc(-c5ccc(-c6nc(-c7ccccc7)nc(-c7ccccc7)n6)cc5)cc4c3)cc2)c1. The van der Waals surface area contributed by atoms with Gasteiger partial charge in [-0.05, 0) is 68.4 Å². The van der Waals surface area contributed by atoms with Gasteiger partial charge in [0.2, 0.25) is 0 Å². The number of aromatic nitrogens is 3. The van der Waals surface area contributed by atoms with Crippen LogP contribution in [0.4, 0.5) is 0 Å². The van der Waals surface area contributed by atoms with Crippen molar-refractivity contribution in [3.8, 4) is 73.6 Å². The van der Waals surface area contributed by atoms with Crippen LogP contribution in [0.25, 0.3) is 78.3 Å². The van der Waals surface area contributed by atoms with Crippen molar-refractivity contribution in [1.29, 1.82) is 5.26 Å². The fraction of sp³-hybridized carbons (Fsp3) is 0. The van der Waals surface area contributed by atoms with Crippen molar-refractivity contribution >= 4 is 10.8 Å². The first kappa shape index (κ1) is 28.8. The summed E-state index contributed by atoms with van der Waals surface area (Å²) in [5, 5.41) is 11.6. The van der Waals surface area contributed by atoms with E-state index in [0.29, 0.717) is 23.0 Å². The lowest BCUT2D eigenvalue weighted by atomic mass is 9.96. The smallest absolute Gasteiger partial charge is 0.164 e. The zero-order valence-electron chi connectivity index (χ0n) is 26.0. The Morgan fingerprint density at radius 3 is 1.15 bits per heavy atom. The maximum atomic E-state index is 9.27. The number of hydrogen-bond acceptors (Lipinski definition) is 4. The fourth-order valence-electron chi connectivity index (χ4n) is 5.98. The molecule has 4 heteroatoms. The second-order valence-corrected chi connectivity index (χ2v) is 11.7. The van der Waals surface area contributed by atoms with Gasteiger partial charge in [-0.15, -0.1) is 0 Å². The molecule has 0 unspecified atom stereocenters. The first-order valence-electron chi connectivity index (χ1n) is 15.8. The van der Waals surface area contributed by atoms with E-state index in [1.54, 1.807) is 0 Å². The highest BCUT2D eigenvalue weighted by Gasteiger charge is 2.12. The lowest BCUT2D eigenvalue weighted by Crippen LogP contribution is -2.00. The monoisotopic (exact) mass is 612 g/mol. The van der Waals surface area contributed by atoms with Crippen LogP contribution in [0.5, 0.6) is 0 Å². The summed E-state index contributed by atoms with van der Waals surface area (Å²) in [6, 6.07) is 60.2. The van der Waals surface area contributed by atoms with Crippen LogP contribution in [-0.4, -0.2) is 15.0 Å². The van der Waals surface area contributed by atoms with E-state index in [4.69, 9.17) is 15.0 Å². The summed E-state index contributed by atoms with van der Waals surface area (Å²) in [5.41, 5.74) is 10.2. The van der Waals surface area contributed by atoms with Crippen LogP contribution in [0.3, 0.4) is 0 Å². The van der Waals surface area contributed by atoms with E-state index in [-0.39, 0.29) is 0 Å². The molecule has 0 N–H and O–H groups in total. The van der Waals surface area contributed by atoms with Crippen molar-refractivity contribution in [3.63, 3.8) is 0 Å². The predicted molar refractivity (Wildman–Crippen MR) is 195 cm³/mol. The second kappa shape index (κ2) is 12.6. The molecule has 0 fully saturated rings. The van der Waals surface area contributed by atoms with E-state index in [2.05, 4.69) is 91.0 Å². The van der Waals surface area contributed by atoms with E-state index in [9.17, 15) is 5.26 Å².